The van der Waals surface area contributed by atoms with Gasteiger partial charge < -0.3 is 19.9 Å². The van der Waals surface area contributed by atoms with E-state index in [1.165, 1.54) is 4.90 Å². The van der Waals surface area contributed by atoms with Gasteiger partial charge in [0.25, 0.3) is 5.91 Å². The molecule has 2 N–H and O–H groups in total. The Morgan fingerprint density at radius 2 is 2.00 bits per heavy atom. The summed E-state index contributed by atoms with van der Waals surface area (Å²) in [5.41, 5.74) is 2.83. The van der Waals surface area contributed by atoms with Crippen molar-refractivity contribution in [1.82, 2.24) is 0 Å². The van der Waals surface area contributed by atoms with Crippen LogP contribution >= 0.6 is 11.6 Å². The minimum Gasteiger partial charge on any atom is -0.484 e. The van der Waals surface area contributed by atoms with Gasteiger partial charge in [0.15, 0.2) is 6.61 Å². The Bertz CT molecular complexity index is 773. The van der Waals surface area contributed by atoms with Crippen LogP contribution in [-0.2, 0) is 4.79 Å². The molecule has 0 bridgehead atoms. The minimum absolute atomic E-state index is 0.0394. The molecular weight excluding hydrogens is 350 g/mol. The number of likely N-dealkylation sites (N-methyl/N-ethyl adjacent to an activating group) is 1. The van der Waals surface area contributed by atoms with Crippen LogP contribution in [-0.4, -0.2) is 45.7 Å². The van der Waals surface area contributed by atoms with Crippen LogP contribution in [0.5, 0.6) is 5.75 Å². The van der Waals surface area contributed by atoms with E-state index < -0.39 is 0 Å². The molecule has 1 aliphatic rings. The molecular formula is C20H25ClN3O2+. The van der Waals surface area contributed by atoms with Crippen molar-refractivity contribution >= 4 is 28.9 Å². The maximum atomic E-state index is 12.4. The quantitative estimate of drug-likeness (QED) is 0.841. The summed E-state index contributed by atoms with van der Waals surface area (Å²) in [6.45, 7) is 6.01. The molecule has 1 saturated heterocycles. The number of carbonyl (C=O) groups excluding carboxylic acids is 1. The van der Waals surface area contributed by atoms with Gasteiger partial charge in [0.05, 0.1) is 44.6 Å². The fraction of sp³-hybridized carbons (Fsp3) is 0.350. The molecule has 5 nitrogen and oxygen atoms in total. The summed E-state index contributed by atoms with van der Waals surface area (Å²) in [5.74, 6) is 0.489. The summed E-state index contributed by atoms with van der Waals surface area (Å²) in [7, 11) is 2.20. The van der Waals surface area contributed by atoms with Gasteiger partial charge in [-0.25, -0.2) is 0 Å². The topological polar surface area (TPSA) is 46.0 Å². The molecule has 0 spiro atoms. The molecule has 0 atom stereocenters. The van der Waals surface area contributed by atoms with Crippen LogP contribution in [0.3, 0.4) is 0 Å². The average Bonchev–Trinajstić information content (AvgIpc) is 2.61. The fourth-order valence-corrected chi connectivity index (χ4v) is 3.23. The first-order valence-electron chi connectivity index (χ1n) is 8.86. The third-order valence-electron chi connectivity index (χ3n) is 4.55. The summed E-state index contributed by atoms with van der Waals surface area (Å²) in [5, 5.41) is 3.55. The summed E-state index contributed by atoms with van der Waals surface area (Å²) >= 11 is 6.15. The standard InChI is InChI=1S/C20H24ClN3O2/c1-15-4-3-5-17(12-15)26-14-20(25)22-18-13-16(21)6-7-19(18)24-10-8-23(2)9-11-24/h3-7,12-13H,8-11,14H2,1-2H3,(H,22,25)/p+1. The van der Waals surface area contributed by atoms with E-state index >= 15 is 0 Å². The lowest BCUT2D eigenvalue weighted by Gasteiger charge is -2.33. The molecule has 3 rings (SSSR count). The zero-order chi connectivity index (χ0) is 18.5. The van der Waals surface area contributed by atoms with E-state index in [1.54, 1.807) is 6.07 Å². The summed E-state index contributed by atoms with van der Waals surface area (Å²) < 4.78 is 5.59. The highest BCUT2D eigenvalue weighted by Gasteiger charge is 2.20. The number of halogens is 1. The number of anilines is 2. The molecule has 1 heterocycles. The summed E-state index contributed by atoms with van der Waals surface area (Å²) in [4.78, 5) is 16.2. The number of quaternary nitrogens is 1. The number of amides is 1. The molecule has 6 heteroatoms. The minimum atomic E-state index is -0.199. The van der Waals surface area contributed by atoms with Crippen LogP contribution in [0.2, 0.25) is 5.02 Å². The van der Waals surface area contributed by atoms with Crippen LogP contribution in [0.25, 0.3) is 0 Å². The Balaban J connectivity index is 1.66. The number of carbonyl (C=O) groups is 1. The first kappa shape index (κ1) is 18.5. The van der Waals surface area contributed by atoms with Crippen molar-refractivity contribution in [3.63, 3.8) is 0 Å². The Morgan fingerprint density at radius 1 is 1.23 bits per heavy atom. The van der Waals surface area contributed by atoms with Gasteiger partial charge in [0, 0.05) is 5.02 Å². The van der Waals surface area contributed by atoms with E-state index in [2.05, 4.69) is 17.3 Å². The van der Waals surface area contributed by atoms with E-state index in [4.69, 9.17) is 16.3 Å². The maximum absolute atomic E-state index is 12.4. The molecule has 2 aromatic carbocycles. The normalized spacial score (nSPS) is 15.0. The van der Waals surface area contributed by atoms with Crippen LogP contribution in [0, 0.1) is 6.92 Å². The number of nitrogens with zero attached hydrogens (tertiary/aromatic N) is 1. The highest BCUT2D eigenvalue weighted by Crippen LogP contribution is 2.29. The van der Waals surface area contributed by atoms with Crippen LogP contribution in [0.1, 0.15) is 5.56 Å². The number of hydrogen-bond donors (Lipinski definition) is 2. The van der Waals surface area contributed by atoms with Crippen molar-refractivity contribution in [2.45, 2.75) is 6.92 Å². The SMILES string of the molecule is Cc1cccc(OCC(=O)Nc2cc(Cl)ccc2N2CC[NH+](C)CC2)c1. The Labute approximate surface area is 159 Å². The molecule has 0 unspecified atom stereocenters. The van der Waals surface area contributed by atoms with Gasteiger partial charge in [-0.1, -0.05) is 23.7 Å². The fourth-order valence-electron chi connectivity index (χ4n) is 3.05. The lowest BCUT2D eigenvalue weighted by molar-refractivity contribution is -0.880. The second-order valence-electron chi connectivity index (χ2n) is 6.76. The second-order valence-corrected chi connectivity index (χ2v) is 7.20. The molecule has 138 valence electrons. The van der Waals surface area contributed by atoms with Gasteiger partial charge in [-0.05, 0) is 42.8 Å². The van der Waals surface area contributed by atoms with Crippen molar-refractivity contribution in [3.05, 3.63) is 53.1 Å². The van der Waals surface area contributed by atoms with Crippen molar-refractivity contribution in [2.24, 2.45) is 0 Å². The molecule has 2 aromatic rings. The maximum Gasteiger partial charge on any atom is 0.262 e. The molecule has 1 amide bonds. The molecule has 26 heavy (non-hydrogen) atoms. The van der Waals surface area contributed by atoms with E-state index in [9.17, 15) is 4.79 Å². The Kier molecular flexibility index (Phi) is 6.01. The van der Waals surface area contributed by atoms with Crippen molar-refractivity contribution < 1.29 is 14.4 Å². The third-order valence-corrected chi connectivity index (χ3v) is 4.78. The number of aryl methyl sites for hydroxylation is 1. The highest BCUT2D eigenvalue weighted by molar-refractivity contribution is 6.31. The number of piperazine rings is 1. The van der Waals surface area contributed by atoms with Crippen LogP contribution in [0.4, 0.5) is 11.4 Å². The largest absolute Gasteiger partial charge is 0.484 e. The van der Waals surface area contributed by atoms with Crippen molar-refractivity contribution in [2.75, 3.05) is 50.1 Å². The molecule has 0 radical (unpaired) electrons. The zero-order valence-corrected chi connectivity index (χ0v) is 16.0. The van der Waals surface area contributed by atoms with Gasteiger partial charge in [0.2, 0.25) is 0 Å². The number of benzene rings is 2. The third kappa shape index (κ3) is 4.90. The number of rotatable bonds is 5. The van der Waals surface area contributed by atoms with Crippen LogP contribution in [0.15, 0.2) is 42.5 Å². The van der Waals surface area contributed by atoms with Gasteiger partial charge in [-0.15, -0.1) is 0 Å². The Morgan fingerprint density at radius 3 is 2.73 bits per heavy atom. The predicted molar refractivity (Wildman–Crippen MR) is 106 cm³/mol. The van der Waals surface area contributed by atoms with Gasteiger partial charge in [-0.2, -0.15) is 0 Å². The van der Waals surface area contributed by atoms with E-state index in [0.29, 0.717) is 10.8 Å². The van der Waals surface area contributed by atoms with Crippen molar-refractivity contribution in [1.29, 1.82) is 0 Å². The van der Waals surface area contributed by atoms with Gasteiger partial charge in [0.1, 0.15) is 5.75 Å². The summed E-state index contributed by atoms with van der Waals surface area (Å²) in [6.07, 6.45) is 0. The summed E-state index contributed by atoms with van der Waals surface area (Å²) in [6, 6.07) is 13.3. The van der Waals surface area contributed by atoms with Gasteiger partial charge in [-0.3, -0.25) is 4.79 Å². The average molecular weight is 375 g/mol. The Hall–Kier alpha value is -2.24. The second kappa shape index (κ2) is 8.43. The molecule has 0 aliphatic carbocycles. The van der Waals surface area contributed by atoms with Crippen LogP contribution < -0.4 is 19.9 Å². The lowest BCUT2D eigenvalue weighted by atomic mass is 10.2. The first-order chi connectivity index (χ1) is 12.5. The van der Waals surface area contributed by atoms with Crippen molar-refractivity contribution in [3.8, 4) is 5.75 Å². The molecule has 1 fully saturated rings. The van der Waals surface area contributed by atoms with E-state index in [-0.39, 0.29) is 12.5 Å². The number of hydrogen-bond acceptors (Lipinski definition) is 3. The predicted octanol–water partition coefficient (Wildman–Crippen LogP) is 2.00. The van der Waals surface area contributed by atoms with E-state index in [0.717, 1.165) is 43.1 Å². The lowest BCUT2D eigenvalue weighted by Crippen LogP contribution is -3.12. The van der Waals surface area contributed by atoms with E-state index in [1.807, 2.05) is 43.3 Å². The molecule has 0 saturated carbocycles. The molecule has 1 aliphatic heterocycles. The smallest absolute Gasteiger partial charge is 0.262 e. The number of nitrogens with one attached hydrogen (secondary N) is 2. The molecule has 0 aromatic heterocycles. The monoisotopic (exact) mass is 374 g/mol. The zero-order valence-electron chi connectivity index (χ0n) is 15.2. The number of ether oxygens (including phenoxy) is 1. The first-order valence-corrected chi connectivity index (χ1v) is 9.24. The van der Waals surface area contributed by atoms with Gasteiger partial charge >= 0.3 is 0 Å². The highest BCUT2D eigenvalue weighted by atomic mass is 35.5.